The Morgan fingerprint density at radius 3 is 2.67 bits per heavy atom. The molecular formula is C32H22N4O4. The average molecular weight is 527 g/mol. The molecule has 0 fully saturated rings. The first-order valence-electron chi connectivity index (χ1n) is 12.5. The van der Waals surface area contributed by atoms with Gasteiger partial charge in [-0.15, -0.1) is 0 Å². The predicted molar refractivity (Wildman–Crippen MR) is 153 cm³/mol. The lowest BCUT2D eigenvalue weighted by molar-refractivity contribution is 0.306. The Bertz CT molecular complexity index is 2000. The van der Waals surface area contributed by atoms with E-state index in [2.05, 4.69) is 11.2 Å². The third-order valence-electron chi connectivity index (χ3n) is 6.43. The molecule has 0 saturated heterocycles. The number of benzene rings is 4. The van der Waals surface area contributed by atoms with Gasteiger partial charge >= 0.3 is 0 Å². The number of para-hydroxylation sites is 1. The summed E-state index contributed by atoms with van der Waals surface area (Å²) in [5, 5.41) is 15.1. The number of rotatable bonds is 7. The number of furan rings is 1. The van der Waals surface area contributed by atoms with Crippen LogP contribution in [0.1, 0.15) is 16.7 Å². The Morgan fingerprint density at radius 2 is 1.80 bits per heavy atom. The van der Waals surface area contributed by atoms with Gasteiger partial charge in [0, 0.05) is 5.56 Å². The fourth-order valence-corrected chi connectivity index (χ4v) is 4.44. The third-order valence-corrected chi connectivity index (χ3v) is 6.43. The second-order valence-corrected chi connectivity index (χ2v) is 8.93. The number of nitriles is 1. The summed E-state index contributed by atoms with van der Waals surface area (Å²) in [4.78, 5) is 18.3. The Morgan fingerprint density at radius 1 is 0.975 bits per heavy atom. The van der Waals surface area contributed by atoms with Crippen molar-refractivity contribution in [3.63, 3.8) is 0 Å². The zero-order valence-corrected chi connectivity index (χ0v) is 21.4. The molecule has 194 valence electrons. The first kappa shape index (κ1) is 24.6. The molecule has 4 aromatic carbocycles. The Balaban J connectivity index is 1.38. The maximum Gasteiger partial charge on any atom is 0.282 e. The van der Waals surface area contributed by atoms with Crippen molar-refractivity contribution in [1.29, 1.82) is 5.26 Å². The molecule has 0 bridgehead atoms. The molecule has 0 radical (unpaired) electrons. The Hall–Kier alpha value is -5.68. The standard InChI is InChI=1S/C32H22N4O4/c1-38-28-14-7-15-29-26(28)17-30(40-29)31-35-27-13-5-4-12-25(27)32(37)36(31)34-19-21-8-6-11-24(16-21)39-20-23-10-3-2-9-22(23)18-33/h2-17,19H,20H2,1H3. The van der Waals surface area contributed by atoms with Gasteiger partial charge in [-0.1, -0.05) is 48.5 Å². The number of hydrogen-bond acceptors (Lipinski definition) is 7. The molecule has 0 saturated carbocycles. The maximum absolute atomic E-state index is 13.6. The van der Waals surface area contributed by atoms with E-state index in [1.54, 1.807) is 43.7 Å². The van der Waals surface area contributed by atoms with Gasteiger partial charge in [0.05, 0.1) is 41.2 Å². The van der Waals surface area contributed by atoms with Crippen molar-refractivity contribution < 1.29 is 13.9 Å². The fraction of sp³-hybridized carbons (Fsp3) is 0.0625. The van der Waals surface area contributed by atoms with Gasteiger partial charge in [-0.3, -0.25) is 4.79 Å². The average Bonchev–Trinajstić information content (AvgIpc) is 3.44. The van der Waals surface area contributed by atoms with Crippen molar-refractivity contribution in [3.8, 4) is 29.2 Å². The molecule has 0 N–H and O–H groups in total. The van der Waals surface area contributed by atoms with E-state index in [0.717, 1.165) is 10.9 Å². The van der Waals surface area contributed by atoms with Crippen LogP contribution in [0.25, 0.3) is 33.5 Å². The monoisotopic (exact) mass is 526 g/mol. The topological polar surface area (TPSA) is 103 Å². The highest BCUT2D eigenvalue weighted by Gasteiger charge is 2.18. The van der Waals surface area contributed by atoms with Crippen LogP contribution in [0.2, 0.25) is 0 Å². The number of methoxy groups -OCH3 is 1. The van der Waals surface area contributed by atoms with Crippen molar-refractivity contribution in [2.45, 2.75) is 6.61 Å². The highest BCUT2D eigenvalue weighted by Crippen LogP contribution is 2.32. The third kappa shape index (κ3) is 4.68. The van der Waals surface area contributed by atoms with Gasteiger partial charge < -0.3 is 13.9 Å². The molecule has 0 amide bonds. The molecular weight excluding hydrogens is 504 g/mol. The summed E-state index contributed by atoms with van der Waals surface area (Å²) in [5.41, 5.74) is 2.89. The molecule has 0 spiro atoms. The lowest BCUT2D eigenvalue weighted by atomic mass is 10.1. The smallest absolute Gasteiger partial charge is 0.282 e. The quantitative estimate of drug-likeness (QED) is 0.231. The zero-order valence-electron chi connectivity index (χ0n) is 21.4. The van der Waals surface area contributed by atoms with Crippen LogP contribution in [0, 0.1) is 11.3 Å². The van der Waals surface area contributed by atoms with Crippen LogP contribution >= 0.6 is 0 Å². The van der Waals surface area contributed by atoms with E-state index in [9.17, 15) is 10.1 Å². The predicted octanol–water partition coefficient (Wildman–Crippen LogP) is 6.15. The Labute approximate surface area is 229 Å². The van der Waals surface area contributed by atoms with Crippen LogP contribution in [0.5, 0.6) is 11.5 Å². The molecule has 8 nitrogen and oxygen atoms in total. The van der Waals surface area contributed by atoms with E-state index < -0.39 is 0 Å². The van der Waals surface area contributed by atoms with Crippen molar-refractivity contribution >= 4 is 28.1 Å². The van der Waals surface area contributed by atoms with Gasteiger partial charge in [0.2, 0.25) is 5.82 Å². The summed E-state index contributed by atoms with van der Waals surface area (Å²) < 4.78 is 18.7. The van der Waals surface area contributed by atoms with Crippen LogP contribution in [0.3, 0.4) is 0 Å². The minimum absolute atomic E-state index is 0.248. The van der Waals surface area contributed by atoms with E-state index in [1.807, 2.05) is 66.7 Å². The maximum atomic E-state index is 13.6. The second-order valence-electron chi connectivity index (χ2n) is 8.93. The SMILES string of the molecule is COc1cccc2oc(-c3nc4ccccc4c(=O)n3N=Cc3cccc(OCc4ccccc4C#N)c3)cc12. The molecule has 40 heavy (non-hydrogen) atoms. The van der Waals surface area contributed by atoms with E-state index >= 15 is 0 Å². The van der Waals surface area contributed by atoms with Crippen molar-refractivity contribution in [2.24, 2.45) is 5.10 Å². The van der Waals surface area contributed by atoms with Crippen LogP contribution in [-0.4, -0.2) is 23.0 Å². The fourth-order valence-electron chi connectivity index (χ4n) is 4.44. The molecule has 8 heteroatoms. The van der Waals surface area contributed by atoms with Gasteiger partial charge in [-0.25, -0.2) is 4.98 Å². The molecule has 0 aliphatic carbocycles. The summed E-state index contributed by atoms with van der Waals surface area (Å²) >= 11 is 0. The van der Waals surface area contributed by atoms with Crippen LogP contribution < -0.4 is 15.0 Å². The van der Waals surface area contributed by atoms with Crippen molar-refractivity contribution in [1.82, 2.24) is 9.66 Å². The minimum atomic E-state index is -0.329. The van der Waals surface area contributed by atoms with E-state index in [0.29, 0.717) is 44.9 Å². The van der Waals surface area contributed by atoms with Gasteiger partial charge in [-0.2, -0.15) is 15.0 Å². The first-order valence-corrected chi connectivity index (χ1v) is 12.5. The molecule has 0 atom stereocenters. The number of nitrogens with zero attached hydrogens (tertiary/aromatic N) is 4. The van der Waals surface area contributed by atoms with Gasteiger partial charge in [0.25, 0.3) is 5.56 Å². The van der Waals surface area contributed by atoms with Gasteiger partial charge in [-0.05, 0) is 54.1 Å². The Kier molecular flexibility index (Phi) is 6.53. The number of ether oxygens (including phenoxy) is 2. The summed E-state index contributed by atoms with van der Waals surface area (Å²) in [5.74, 6) is 1.90. The largest absolute Gasteiger partial charge is 0.496 e. The highest BCUT2D eigenvalue weighted by atomic mass is 16.5. The van der Waals surface area contributed by atoms with E-state index in [1.165, 1.54) is 4.68 Å². The normalized spacial score (nSPS) is 11.2. The van der Waals surface area contributed by atoms with Crippen molar-refractivity contribution in [3.05, 3.63) is 124 Å². The van der Waals surface area contributed by atoms with Crippen LogP contribution in [0.15, 0.2) is 111 Å². The van der Waals surface area contributed by atoms with Gasteiger partial charge in [0.1, 0.15) is 23.7 Å². The summed E-state index contributed by atoms with van der Waals surface area (Å²) in [6.45, 7) is 0.248. The second kappa shape index (κ2) is 10.6. The summed E-state index contributed by atoms with van der Waals surface area (Å²) in [6.07, 6.45) is 1.57. The first-order chi connectivity index (χ1) is 19.6. The molecule has 0 unspecified atom stereocenters. The molecule has 6 rings (SSSR count). The molecule has 2 aromatic heterocycles. The molecule has 0 aliphatic rings. The molecule has 0 aliphatic heterocycles. The van der Waals surface area contributed by atoms with E-state index in [4.69, 9.17) is 18.9 Å². The lowest BCUT2D eigenvalue weighted by Gasteiger charge is -2.09. The number of hydrogen-bond donors (Lipinski definition) is 0. The lowest BCUT2D eigenvalue weighted by Crippen LogP contribution is -2.20. The zero-order chi connectivity index (χ0) is 27.5. The number of aromatic nitrogens is 2. The molecule has 2 heterocycles. The summed E-state index contributed by atoms with van der Waals surface area (Å²) in [7, 11) is 1.59. The highest BCUT2D eigenvalue weighted by molar-refractivity contribution is 5.88. The minimum Gasteiger partial charge on any atom is -0.496 e. The number of fused-ring (bicyclic) bond motifs is 2. The summed E-state index contributed by atoms with van der Waals surface area (Å²) in [6, 6.07) is 31.2. The van der Waals surface area contributed by atoms with Crippen LogP contribution in [0.4, 0.5) is 0 Å². The van der Waals surface area contributed by atoms with Crippen molar-refractivity contribution in [2.75, 3.05) is 7.11 Å². The van der Waals surface area contributed by atoms with E-state index in [-0.39, 0.29) is 18.0 Å². The van der Waals surface area contributed by atoms with Crippen LogP contribution in [-0.2, 0) is 6.61 Å². The molecule has 6 aromatic rings. The van der Waals surface area contributed by atoms with Gasteiger partial charge in [0.15, 0.2) is 5.76 Å².